The fourth-order valence-corrected chi connectivity index (χ4v) is 2.16. The lowest BCUT2D eigenvalue weighted by Crippen LogP contribution is -1.93. The number of methoxy groups -OCH3 is 2. The summed E-state index contributed by atoms with van der Waals surface area (Å²) in [6.07, 6.45) is 0. The highest BCUT2D eigenvalue weighted by Crippen LogP contribution is 2.42. The van der Waals surface area contributed by atoms with Gasteiger partial charge in [-0.3, -0.25) is 0 Å². The zero-order valence-corrected chi connectivity index (χ0v) is 11.4. The number of hydrogen-bond acceptors (Lipinski definition) is 2. The fraction of sp³-hybridized carbons (Fsp3) is 0.143. The summed E-state index contributed by atoms with van der Waals surface area (Å²) in [5.74, 6) is 1.05. The third-order valence-corrected chi connectivity index (χ3v) is 3.06. The number of ether oxygens (including phenoxy) is 2. The highest BCUT2D eigenvalue weighted by molar-refractivity contribution is 6.33. The van der Waals surface area contributed by atoms with Gasteiger partial charge in [0.05, 0.1) is 24.3 Å². The molecule has 0 heterocycles. The molecule has 0 aliphatic heterocycles. The van der Waals surface area contributed by atoms with Crippen LogP contribution in [0.4, 0.5) is 0 Å². The van der Waals surface area contributed by atoms with Gasteiger partial charge in [0.25, 0.3) is 0 Å². The number of halogens is 2. The molecule has 0 saturated carbocycles. The number of rotatable bonds is 3. The van der Waals surface area contributed by atoms with E-state index in [4.69, 9.17) is 32.7 Å². The predicted octanol–water partition coefficient (Wildman–Crippen LogP) is 4.28. The standard InChI is InChI=1S/C14H10Cl2O2/c1-17-13-9(5-3-7-11(13)15)10-6-4-8-12(16)14(10)18-2/h3-4,7-8H,1-2H3. The first-order valence-corrected chi connectivity index (χ1v) is 5.93. The molecule has 0 unspecified atom stereocenters. The van der Waals surface area contributed by atoms with Gasteiger partial charge in [0.2, 0.25) is 0 Å². The summed E-state index contributed by atoms with van der Waals surface area (Å²) < 4.78 is 10.6. The summed E-state index contributed by atoms with van der Waals surface area (Å²) in [5.41, 5.74) is 1.34. The van der Waals surface area contributed by atoms with Crippen LogP contribution in [0.3, 0.4) is 0 Å². The highest BCUT2D eigenvalue weighted by Gasteiger charge is 2.15. The van der Waals surface area contributed by atoms with Gasteiger partial charge in [0.1, 0.15) is 11.5 Å². The lowest BCUT2D eigenvalue weighted by molar-refractivity contribution is 0.410. The van der Waals surface area contributed by atoms with Crippen molar-refractivity contribution in [3.63, 3.8) is 0 Å². The van der Waals surface area contributed by atoms with E-state index in [1.807, 2.05) is 0 Å². The molecular formula is C14H10Cl2O2. The van der Waals surface area contributed by atoms with Crippen molar-refractivity contribution in [1.82, 2.24) is 0 Å². The van der Waals surface area contributed by atoms with Crippen LogP contribution in [0.5, 0.6) is 11.5 Å². The summed E-state index contributed by atoms with van der Waals surface area (Å²) in [6.45, 7) is 0. The topological polar surface area (TPSA) is 18.5 Å². The Balaban J connectivity index is 2.69. The molecule has 2 nitrogen and oxygen atoms in total. The first kappa shape index (κ1) is 13.1. The maximum atomic E-state index is 6.08. The molecule has 0 aliphatic carbocycles. The van der Waals surface area contributed by atoms with E-state index in [-0.39, 0.29) is 0 Å². The highest BCUT2D eigenvalue weighted by atomic mass is 35.5. The second-order valence-corrected chi connectivity index (χ2v) is 4.28. The Bertz CT molecular complexity index is 516. The molecule has 0 fully saturated rings. The summed E-state index contributed by atoms with van der Waals surface area (Å²) in [7, 11) is 3.10. The zero-order chi connectivity index (χ0) is 13.1. The van der Waals surface area contributed by atoms with Gasteiger partial charge in [-0.1, -0.05) is 35.3 Å². The van der Waals surface area contributed by atoms with Crippen molar-refractivity contribution in [2.45, 2.75) is 0 Å². The van der Waals surface area contributed by atoms with Gasteiger partial charge in [0, 0.05) is 11.1 Å². The van der Waals surface area contributed by atoms with Crippen LogP contribution in [0.2, 0.25) is 10.0 Å². The smallest absolute Gasteiger partial charge is 0.146 e. The van der Waals surface area contributed by atoms with Crippen LogP contribution in [0, 0.1) is 12.1 Å². The summed E-state index contributed by atoms with van der Waals surface area (Å²) in [4.78, 5) is 0. The molecular weight excluding hydrogens is 271 g/mol. The Morgan fingerprint density at radius 1 is 0.833 bits per heavy atom. The molecule has 0 N–H and O–H groups in total. The predicted molar refractivity (Wildman–Crippen MR) is 72.7 cm³/mol. The maximum absolute atomic E-state index is 6.08. The van der Waals surface area contributed by atoms with Gasteiger partial charge in [-0.15, -0.1) is 0 Å². The minimum Gasteiger partial charge on any atom is -0.495 e. The number of benzene rings is 2. The molecule has 0 saturated heterocycles. The fourth-order valence-electron chi connectivity index (χ4n) is 1.69. The van der Waals surface area contributed by atoms with E-state index in [0.717, 1.165) is 0 Å². The van der Waals surface area contributed by atoms with E-state index >= 15 is 0 Å². The summed E-state index contributed by atoms with van der Waals surface area (Å²) >= 11 is 12.2. The Labute approximate surface area is 116 Å². The average Bonchev–Trinajstić information content (AvgIpc) is 2.38. The van der Waals surface area contributed by atoms with Crippen LogP contribution in [-0.4, -0.2) is 14.2 Å². The lowest BCUT2D eigenvalue weighted by atomic mass is 10.0. The molecule has 0 atom stereocenters. The Morgan fingerprint density at radius 3 is 1.56 bits per heavy atom. The van der Waals surface area contributed by atoms with Gasteiger partial charge in [-0.25, -0.2) is 0 Å². The van der Waals surface area contributed by atoms with Crippen molar-refractivity contribution < 1.29 is 9.47 Å². The second-order valence-electron chi connectivity index (χ2n) is 3.47. The van der Waals surface area contributed by atoms with E-state index in [1.165, 1.54) is 0 Å². The van der Waals surface area contributed by atoms with E-state index < -0.39 is 0 Å². The van der Waals surface area contributed by atoms with Crippen molar-refractivity contribution in [3.05, 3.63) is 46.4 Å². The minimum atomic E-state index is 0.502. The van der Waals surface area contributed by atoms with Crippen molar-refractivity contribution in [1.29, 1.82) is 0 Å². The van der Waals surface area contributed by atoms with Crippen LogP contribution in [-0.2, 0) is 0 Å². The SMILES string of the molecule is COc1c(-c2[c]ccc(Cl)c2OC)[c]ccc1Cl. The van der Waals surface area contributed by atoms with Gasteiger partial charge in [-0.05, 0) is 24.3 Å². The Morgan fingerprint density at radius 2 is 1.22 bits per heavy atom. The molecule has 2 radical (unpaired) electrons. The van der Waals surface area contributed by atoms with Gasteiger partial charge in [0.15, 0.2) is 0 Å². The maximum Gasteiger partial charge on any atom is 0.146 e. The van der Waals surface area contributed by atoms with Crippen molar-refractivity contribution in [3.8, 4) is 22.6 Å². The third kappa shape index (κ3) is 2.26. The van der Waals surface area contributed by atoms with Crippen LogP contribution >= 0.6 is 23.2 Å². The molecule has 4 heteroatoms. The lowest BCUT2D eigenvalue weighted by Gasteiger charge is -2.13. The van der Waals surface area contributed by atoms with Gasteiger partial charge < -0.3 is 9.47 Å². The molecule has 92 valence electrons. The summed E-state index contributed by atoms with van der Waals surface area (Å²) in [6, 6.07) is 13.0. The first-order chi connectivity index (χ1) is 8.69. The van der Waals surface area contributed by atoms with E-state index in [1.54, 1.807) is 38.5 Å². The van der Waals surface area contributed by atoms with Crippen molar-refractivity contribution in [2.24, 2.45) is 0 Å². The molecule has 2 aromatic carbocycles. The zero-order valence-electron chi connectivity index (χ0n) is 9.88. The minimum absolute atomic E-state index is 0.502. The summed E-state index contributed by atoms with van der Waals surface area (Å²) in [5, 5.41) is 1.00. The van der Waals surface area contributed by atoms with Gasteiger partial charge >= 0.3 is 0 Å². The third-order valence-electron chi connectivity index (χ3n) is 2.46. The average molecular weight is 281 g/mol. The van der Waals surface area contributed by atoms with Crippen LogP contribution in [0.25, 0.3) is 11.1 Å². The quantitative estimate of drug-likeness (QED) is 0.836. The molecule has 2 rings (SSSR count). The normalized spacial score (nSPS) is 10.2. The second kappa shape index (κ2) is 5.51. The van der Waals surface area contributed by atoms with E-state index in [9.17, 15) is 0 Å². The van der Waals surface area contributed by atoms with E-state index in [2.05, 4.69) is 12.1 Å². The van der Waals surface area contributed by atoms with Crippen LogP contribution in [0.1, 0.15) is 0 Å². The molecule has 0 aliphatic rings. The monoisotopic (exact) mass is 280 g/mol. The molecule has 0 amide bonds. The first-order valence-electron chi connectivity index (χ1n) is 5.17. The Kier molecular flexibility index (Phi) is 4.00. The van der Waals surface area contributed by atoms with Crippen molar-refractivity contribution in [2.75, 3.05) is 14.2 Å². The molecule has 0 aromatic heterocycles. The Hall–Kier alpha value is -1.38. The van der Waals surface area contributed by atoms with E-state index in [0.29, 0.717) is 32.7 Å². The number of hydrogen-bond donors (Lipinski definition) is 0. The van der Waals surface area contributed by atoms with Crippen LogP contribution < -0.4 is 9.47 Å². The van der Waals surface area contributed by atoms with Gasteiger partial charge in [-0.2, -0.15) is 0 Å². The molecule has 2 aromatic rings. The molecule has 0 spiro atoms. The van der Waals surface area contributed by atoms with Crippen molar-refractivity contribution >= 4 is 23.2 Å². The molecule has 18 heavy (non-hydrogen) atoms. The largest absolute Gasteiger partial charge is 0.495 e. The molecule has 0 bridgehead atoms. The van der Waals surface area contributed by atoms with Crippen LogP contribution in [0.15, 0.2) is 24.3 Å².